The number of aliphatic carboxylic acids is 1. The third-order valence-electron chi connectivity index (χ3n) is 4.96. The number of hydrogen-bond acceptors (Lipinski definition) is 4. The molecule has 0 aliphatic carbocycles. The van der Waals surface area contributed by atoms with E-state index >= 15 is 0 Å². The van der Waals surface area contributed by atoms with Crippen LogP contribution < -0.4 is 0 Å². The fourth-order valence-electron chi connectivity index (χ4n) is 3.59. The summed E-state index contributed by atoms with van der Waals surface area (Å²) in [5, 5.41) is 9.47. The Kier molecular flexibility index (Phi) is 4.75. The van der Waals surface area contributed by atoms with Crippen LogP contribution in [0.15, 0.2) is 18.2 Å². The number of carboxylic acids is 1. The molecule has 2 aliphatic rings. The molecule has 8 heteroatoms. The summed E-state index contributed by atoms with van der Waals surface area (Å²) in [5.41, 5.74) is -1.26. The van der Waals surface area contributed by atoms with Crippen molar-refractivity contribution in [3.8, 4) is 0 Å². The summed E-state index contributed by atoms with van der Waals surface area (Å²) in [6.45, 7) is 4.05. The van der Waals surface area contributed by atoms with Crippen molar-refractivity contribution in [3.63, 3.8) is 0 Å². The van der Waals surface area contributed by atoms with E-state index in [-0.39, 0.29) is 12.2 Å². The van der Waals surface area contributed by atoms with Gasteiger partial charge in [0.1, 0.15) is 17.4 Å². The number of nitrogens with zero attached hydrogens (tertiary/aromatic N) is 2. The fraction of sp³-hybridized carbons (Fsp3) is 0.529. The number of benzene rings is 1. The number of carbonyl (C=O) groups excluding carboxylic acids is 1. The number of carbonyl (C=O) groups is 2. The molecule has 6 nitrogen and oxygen atoms in total. The van der Waals surface area contributed by atoms with Gasteiger partial charge in [0.2, 0.25) is 0 Å². The number of likely N-dealkylation sites (tertiary alicyclic amines) is 1. The molecular weight excluding hydrogens is 334 g/mol. The van der Waals surface area contributed by atoms with E-state index in [1.165, 1.54) is 0 Å². The molecule has 1 N–H and O–H groups in total. The summed E-state index contributed by atoms with van der Waals surface area (Å²) in [6.07, 6.45) is 0.905. The van der Waals surface area contributed by atoms with E-state index in [9.17, 15) is 23.5 Å². The standard InChI is InChI=1S/C17H20F2N2O4/c1-2-20-5-3-17(4-6-20)21(14(10-25-17)16(23)24)15(22)11-7-12(18)9-13(19)8-11/h7-9,14H,2-6,10H2,1H3,(H,23,24)/t14-/m0/s1. The van der Waals surface area contributed by atoms with E-state index in [4.69, 9.17) is 4.74 Å². The number of amides is 1. The third-order valence-corrected chi connectivity index (χ3v) is 4.96. The molecule has 0 unspecified atom stereocenters. The van der Waals surface area contributed by atoms with Gasteiger partial charge >= 0.3 is 5.97 Å². The van der Waals surface area contributed by atoms with Gasteiger partial charge in [-0.1, -0.05) is 6.92 Å². The maximum absolute atomic E-state index is 13.5. The first-order valence-electron chi connectivity index (χ1n) is 8.25. The summed E-state index contributed by atoms with van der Waals surface area (Å²) in [7, 11) is 0. The van der Waals surface area contributed by atoms with Crippen molar-refractivity contribution in [1.29, 1.82) is 0 Å². The minimum Gasteiger partial charge on any atom is -0.480 e. The summed E-state index contributed by atoms with van der Waals surface area (Å²) in [5.74, 6) is -3.69. The predicted molar refractivity (Wildman–Crippen MR) is 84.0 cm³/mol. The number of rotatable bonds is 3. The highest BCUT2D eigenvalue weighted by molar-refractivity contribution is 5.97. The van der Waals surface area contributed by atoms with Crippen molar-refractivity contribution in [3.05, 3.63) is 35.4 Å². The van der Waals surface area contributed by atoms with Crippen LogP contribution in [0.1, 0.15) is 30.1 Å². The highest BCUT2D eigenvalue weighted by Gasteiger charge is 2.54. The molecule has 2 saturated heterocycles. The molecule has 1 aromatic carbocycles. The summed E-state index contributed by atoms with van der Waals surface area (Å²) >= 11 is 0. The molecule has 136 valence electrons. The molecule has 0 saturated carbocycles. The average Bonchev–Trinajstić information content (AvgIpc) is 2.93. The Hall–Kier alpha value is -2.06. The third kappa shape index (κ3) is 3.23. The van der Waals surface area contributed by atoms with E-state index in [2.05, 4.69) is 4.90 Å². The second kappa shape index (κ2) is 6.68. The van der Waals surface area contributed by atoms with Gasteiger partial charge in [-0.3, -0.25) is 9.69 Å². The Morgan fingerprint density at radius 2 is 1.84 bits per heavy atom. The second-order valence-corrected chi connectivity index (χ2v) is 6.38. The molecule has 0 aromatic heterocycles. The molecule has 2 heterocycles. The lowest BCUT2D eigenvalue weighted by atomic mass is 9.96. The number of halogens is 2. The van der Waals surface area contributed by atoms with E-state index in [1.54, 1.807) is 0 Å². The molecule has 1 spiro atoms. The van der Waals surface area contributed by atoms with Crippen molar-refractivity contribution >= 4 is 11.9 Å². The Labute approximate surface area is 144 Å². The van der Waals surface area contributed by atoms with Gasteiger partial charge in [-0.2, -0.15) is 0 Å². The van der Waals surface area contributed by atoms with Crippen molar-refractivity contribution < 1.29 is 28.2 Å². The first-order chi connectivity index (χ1) is 11.9. The van der Waals surface area contributed by atoms with Crippen LogP contribution in [0.25, 0.3) is 0 Å². The Bertz CT molecular complexity index is 669. The van der Waals surface area contributed by atoms with Crippen molar-refractivity contribution in [2.45, 2.75) is 31.5 Å². The zero-order chi connectivity index (χ0) is 18.2. The highest BCUT2D eigenvalue weighted by Crippen LogP contribution is 2.38. The van der Waals surface area contributed by atoms with Crippen LogP contribution in [0, 0.1) is 11.6 Å². The van der Waals surface area contributed by atoms with Crippen LogP contribution in [0.4, 0.5) is 8.78 Å². The lowest BCUT2D eigenvalue weighted by Crippen LogP contribution is -2.58. The Morgan fingerprint density at radius 1 is 1.24 bits per heavy atom. The van der Waals surface area contributed by atoms with Crippen molar-refractivity contribution in [1.82, 2.24) is 9.80 Å². The average molecular weight is 354 g/mol. The van der Waals surface area contributed by atoms with Crippen molar-refractivity contribution in [2.24, 2.45) is 0 Å². The SMILES string of the molecule is CCN1CCC2(CC1)OC[C@@H](C(=O)O)N2C(=O)c1cc(F)cc(F)c1. The monoisotopic (exact) mass is 354 g/mol. The molecule has 25 heavy (non-hydrogen) atoms. The maximum Gasteiger partial charge on any atom is 0.328 e. The maximum atomic E-state index is 13.5. The van der Waals surface area contributed by atoms with Crippen LogP contribution in [0.5, 0.6) is 0 Å². The van der Waals surface area contributed by atoms with Gasteiger partial charge in [0.15, 0.2) is 6.04 Å². The number of ether oxygens (including phenoxy) is 1. The van der Waals surface area contributed by atoms with E-state index in [1.807, 2.05) is 6.92 Å². The normalized spacial score (nSPS) is 23.2. The van der Waals surface area contributed by atoms with Gasteiger partial charge in [-0.05, 0) is 18.7 Å². The Morgan fingerprint density at radius 3 is 2.36 bits per heavy atom. The van der Waals surface area contributed by atoms with E-state index in [0.717, 1.165) is 23.6 Å². The predicted octanol–water partition coefficient (Wildman–Crippen LogP) is 1.70. The van der Waals surface area contributed by atoms with Gasteiger partial charge in [-0.15, -0.1) is 0 Å². The molecule has 3 rings (SSSR count). The van der Waals surface area contributed by atoms with Gasteiger partial charge in [0, 0.05) is 37.6 Å². The lowest BCUT2D eigenvalue weighted by molar-refractivity contribution is -0.143. The molecule has 0 radical (unpaired) electrons. The smallest absolute Gasteiger partial charge is 0.328 e. The number of carboxylic acid groups (broad SMARTS) is 1. The fourth-order valence-corrected chi connectivity index (χ4v) is 3.59. The van der Waals surface area contributed by atoms with Crippen LogP contribution in [-0.4, -0.2) is 64.8 Å². The molecule has 0 bridgehead atoms. The number of piperidine rings is 1. The van der Waals surface area contributed by atoms with Crippen molar-refractivity contribution in [2.75, 3.05) is 26.2 Å². The highest BCUT2D eigenvalue weighted by atomic mass is 19.1. The summed E-state index contributed by atoms with van der Waals surface area (Å²) in [4.78, 5) is 27.9. The van der Waals surface area contributed by atoms with Crippen LogP contribution in [0.2, 0.25) is 0 Å². The van der Waals surface area contributed by atoms with Gasteiger partial charge in [0.25, 0.3) is 5.91 Å². The quantitative estimate of drug-likeness (QED) is 0.895. The van der Waals surface area contributed by atoms with E-state index < -0.39 is 35.3 Å². The largest absolute Gasteiger partial charge is 0.480 e. The first kappa shape index (κ1) is 17.8. The van der Waals surface area contributed by atoms with Gasteiger partial charge < -0.3 is 14.7 Å². The first-order valence-corrected chi connectivity index (χ1v) is 8.25. The van der Waals surface area contributed by atoms with Crippen LogP contribution in [0.3, 0.4) is 0 Å². The minimum absolute atomic E-state index is 0.134. The Balaban J connectivity index is 1.95. The molecule has 2 aliphatic heterocycles. The minimum atomic E-state index is -1.19. The molecule has 1 amide bonds. The zero-order valence-corrected chi connectivity index (χ0v) is 13.9. The van der Waals surface area contributed by atoms with Gasteiger partial charge in [0.05, 0.1) is 6.61 Å². The van der Waals surface area contributed by atoms with Crippen LogP contribution >= 0.6 is 0 Å². The molecular formula is C17H20F2N2O4. The lowest BCUT2D eigenvalue weighted by Gasteiger charge is -2.44. The van der Waals surface area contributed by atoms with Crippen LogP contribution in [-0.2, 0) is 9.53 Å². The topological polar surface area (TPSA) is 70.1 Å². The zero-order valence-electron chi connectivity index (χ0n) is 13.9. The number of hydrogen-bond donors (Lipinski definition) is 1. The molecule has 1 atom stereocenters. The van der Waals surface area contributed by atoms with Gasteiger partial charge in [-0.25, -0.2) is 13.6 Å². The van der Waals surface area contributed by atoms with E-state index in [0.29, 0.717) is 32.0 Å². The summed E-state index contributed by atoms with van der Waals surface area (Å²) in [6, 6.07) is 1.32. The second-order valence-electron chi connectivity index (χ2n) is 6.38. The summed E-state index contributed by atoms with van der Waals surface area (Å²) < 4.78 is 32.8. The molecule has 2 fully saturated rings. The molecule has 1 aromatic rings.